The van der Waals surface area contributed by atoms with Gasteiger partial charge in [-0.2, -0.15) is 5.21 Å². The Morgan fingerprint density at radius 2 is 2.21 bits per heavy atom. The second-order valence-electron chi connectivity index (χ2n) is 2.38. The van der Waals surface area contributed by atoms with Crippen molar-refractivity contribution in [2.24, 2.45) is 0 Å². The van der Waals surface area contributed by atoms with Crippen LogP contribution in [0.1, 0.15) is 6.92 Å². The summed E-state index contributed by atoms with van der Waals surface area (Å²) in [6.07, 6.45) is 3.27. The molecule has 0 aromatic carbocycles. The third-order valence-corrected chi connectivity index (χ3v) is 2.36. The summed E-state index contributed by atoms with van der Waals surface area (Å²) in [7, 11) is 0. The number of aromatic amines is 1. The van der Waals surface area contributed by atoms with Gasteiger partial charge in [-0.25, -0.2) is 9.97 Å². The molecule has 0 aliphatic carbocycles. The van der Waals surface area contributed by atoms with Gasteiger partial charge in [0.1, 0.15) is 10.7 Å². The lowest BCUT2D eigenvalue weighted by Crippen LogP contribution is -1.92. The zero-order valence-electron chi connectivity index (χ0n) is 7.51. The maximum atomic E-state index is 4.20. The Kier molecular flexibility index (Phi) is 2.68. The Hall–Kier alpha value is -1.50. The maximum Gasteiger partial charge on any atom is 0.225 e. The molecule has 2 aromatic heterocycles. The van der Waals surface area contributed by atoms with E-state index in [1.165, 1.54) is 0 Å². The molecule has 72 valence electrons. The highest BCUT2D eigenvalue weighted by Crippen LogP contribution is 2.23. The number of H-pyrrole nitrogens is 1. The summed E-state index contributed by atoms with van der Waals surface area (Å²) < 4.78 is 0. The van der Waals surface area contributed by atoms with Crippen molar-refractivity contribution < 1.29 is 0 Å². The number of nitrogens with one attached hydrogen (secondary N) is 1. The minimum absolute atomic E-state index is 0.481. The van der Waals surface area contributed by atoms with Crippen molar-refractivity contribution in [3.8, 4) is 11.5 Å². The monoisotopic (exact) mass is 208 g/mol. The van der Waals surface area contributed by atoms with E-state index in [0.29, 0.717) is 11.5 Å². The average Bonchev–Trinajstić information content (AvgIpc) is 2.72. The molecule has 6 nitrogen and oxygen atoms in total. The Morgan fingerprint density at radius 3 is 2.93 bits per heavy atom. The molecule has 0 bridgehead atoms. The van der Waals surface area contributed by atoms with E-state index < -0.39 is 0 Å². The van der Waals surface area contributed by atoms with Gasteiger partial charge in [0.2, 0.25) is 5.82 Å². The van der Waals surface area contributed by atoms with Crippen LogP contribution in [0.2, 0.25) is 0 Å². The second-order valence-corrected chi connectivity index (χ2v) is 3.63. The lowest BCUT2D eigenvalue weighted by Gasteiger charge is -2.00. The third kappa shape index (κ3) is 1.72. The van der Waals surface area contributed by atoms with Crippen LogP contribution in [0.25, 0.3) is 11.5 Å². The molecule has 0 aliphatic rings. The largest absolute Gasteiger partial charge is 0.248 e. The number of rotatable bonds is 3. The van der Waals surface area contributed by atoms with Crippen LogP contribution in [0.4, 0.5) is 0 Å². The first-order valence-corrected chi connectivity index (χ1v) is 5.08. The van der Waals surface area contributed by atoms with Gasteiger partial charge in [0.05, 0.1) is 0 Å². The van der Waals surface area contributed by atoms with E-state index >= 15 is 0 Å². The zero-order chi connectivity index (χ0) is 9.80. The Labute approximate surface area is 84.6 Å². The molecule has 14 heavy (non-hydrogen) atoms. The topological polar surface area (TPSA) is 80.2 Å². The van der Waals surface area contributed by atoms with Crippen LogP contribution in [-0.4, -0.2) is 36.3 Å². The van der Waals surface area contributed by atoms with Crippen LogP contribution in [0.15, 0.2) is 17.4 Å². The third-order valence-electron chi connectivity index (χ3n) is 1.50. The van der Waals surface area contributed by atoms with E-state index in [0.717, 1.165) is 10.8 Å². The quantitative estimate of drug-likeness (QED) is 0.750. The number of tetrazole rings is 1. The molecule has 0 saturated carbocycles. The molecule has 2 heterocycles. The summed E-state index contributed by atoms with van der Waals surface area (Å²) in [5.74, 6) is 1.41. The maximum absolute atomic E-state index is 4.20. The first kappa shape index (κ1) is 9.07. The summed E-state index contributed by atoms with van der Waals surface area (Å²) in [6.45, 7) is 2.05. The Balaban J connectivity index is 2.42. The molecule has 7 heteroatoms. The van der Waals surface area contributed by atoms with E-state index in [2.05, 4.69) is 37.5 Å². The number of thioether (sulfide) groups is 1. The Bertz CT molecular complexity index is 400. The SMILES string of the molecule is CCSc1nccnc1-c1nn[nH]n1. The fourth-order valence-electron chi connectivity index (χ4n) is 0.983. The second kappa shape index (κ2) is 4.14. The van der Waals surface area contributed by atoms with Gasteiger partial charge in [0.25, 0.3) is 0 Å². The van der Waals surface area contributed by atoms with Gasteiger partial charge in [-0.15, -0.1) is 22.0 Å². The molecular formula is C7H8N6S. The molecule has 0 unspecified atom stereocenters. The molecule has 2 rings (SSSR count). The van der Waals surface area contributed by atoms with Crippen molar-refractivity contribution in [2.75, 3.05) is 5.75 Å². The average molecular weight is 208 g/mol. The van der Waals surface area contributed by atoms with Crippen molar-refractivity contribution in [3.05, 3.63) is 12.4 Å². The van der Waals surface area contributed by atoms with Gasteiger partial charge >= 0.3 is 0 Å². The van der Waals surface area contributed by atoms with Crippen molar-refractivity contribution >= 4 is 11.8 Å². The van der Waals surface area contributed by atoms with Crippen LogP contribution < -0.4 is 0 Å². The summed E-state index contributed by atoms with van der Waals surface area (Å²) in [4.78, 5) is 8.37. The predicted octanol–water partition coefficient (Wildman–Crippen LogP) is 0.769. The van der Waals surface area contributed by atoms with Gasteiger partial charge in [0.15, 0.2) is 0 Å². The molecule has 0 fully saturated rings. The lowest BCUT2D eigenvalue weighted by atomic mass is 10.4. The van der Waals surface area contributed by atoms with Gasteiger partial charge in [-0.3, -0.25) is 0 Å². The van der Waals surface area contributed by atoms with Gasteiger partial charge in [-0.1, -0.05) is 6.92 Å². The van der Waals surface area contributed by atoms with Crippen molar-refractivity contribution in [1.29, 1.82) is 0 Å². The fourth-order valence-corrected chi connectivity index (χ4v) is 1.67. The lowest BCUT2D eigenvalue weighted by molar-refractivity contribution is 0.881. The first-order valence-electron chi connectivity index (χ1n) is 4.09. The molecule has 2 aromatic rings. The van der Waals surface area contributed by atoms with E-state index in [1.54, 1.807) is 24.2 Å². The van der Waals surface area contributed by atoms with Crippen molar-refractivity contribution in [1.82, 2.24) is 30.6 Å². The molecule has 0 amide bonds. The number of hydrogen-bond acceptors (Lipinski definition) is 6. The molecule has 0 atom stereocenters. The minimum Gasteiger partial charge on any atom is -0.248 e. The van der Waals surface area contributed by atoms with Crippen molar-refractivity contribution in [2.45, 2.75) is 11.9 Å². The highest BCUT2D eigenvalue weighted by atomic mass is 32.2. The van der Waals surface area contributed by atoms with Gasteiger partial charge in [-0.05, 0) is 11.0 Å². The highest BCUT2D eigenvalue weighted by Gasteiger charge is 2.11. The molecule has 0 aliphatic heterocycles. The van der Waals surface area contributed by atoms with E-state index in [4.69, 9.17) is 0 Å². The number of nitrogens with zero attached hydrogens (tertiary/aromatic N) is 5. The summed E-state index contributed by atoms with van der Waals surface area (Å²) in [5, 5.41) is 14.4. The molecular weight excluding hydrogens is 200 g/mol. The highest BCUT2D eigenvalue weighted by molar-refractivity contribution is 7.99. The zero-order valence-corrected chi connectivity index (χ0v) is 8.32. The smallest absolute Gasteiger partial charge is 0.225 e. The van der Waals surface area contributed by atoms with Crippen molar-refractivity contribution in [3.63, 3.8) is 0 Å². The Morgan fingerprint density at radius 1 is 1.36 bits per heavy atom. The standard InChI is InChI=1S/C7H8N6S/c1-2-14-7-5(8-3-4-9-7)6-10-12-13-11-6/h3-4H,2H2,1H3,(H,10,11,12,13). The summed E-state index contributed by atoms with van der Waals surface area (Å²) in [6, 6.07) is 0. The molecule has 0 radical (unpaired) electrons. The summed E-state index contributed by atoms with van der Waals surface area (Å²) >= 11 is 1.60. The van der Waals surface area contributed by atoms with E-state index in [1.807, 2.05) is 0 Å². The fraction of sp³-hybridized carbons (Fsp3) is 0.286. The van der Waals surface area contributed by atoms with Crippen LogP contribution in [0.5, 0.6) is 0 Å². The number of aromatic nitrogens is 6. The van der Waals surface area contributed by atoms with Crippen LogP contribution in [0, 0.1) is 0 Å². The molecule has 1 N–H and O–H groups in total. The van der Waals surface area contributed by atoms with E-state index in [-0.39, 0.29) is 0 Å². The minimum atomic E-state index is 0.481. The summed E-state index contributed by atoms with van der Waals surface area (Å²) in [5.41, 5.74) is 0.674. The van der Waals surface area contributed by atoms with Gasteiger partial charge < -0.3 is 0 Å². The molecule has 0 spiro atoms. The van der Waals surface area contributed by atoms with Crippen LogP contribution in [0.3, 0.4) is 0 Å². The van der Waals surface area contributed by atoms with Crippen LogP contribution in [-0.2, 0) is 0 Å². The van der Waals surface area contributed by atoms with Gasteiger partial charge in [0, 0.05) is 12.4 Å². The van der Waals surface area contributed by atoms with Crippen LogP contribution >= 0.6 is 11.8 Å². The first-order chi connectivity index (χ1) is 6.92. The molecule has 0 saturated heterocycles. The number of hydrogen-bond donors (Lipinski definition) is 1. The van der Waals surface area contributed by atoms with E-state index in [9.17, 15) is 0 Å². The predicted molar refractivity (Wildman–Crippen MR) is 51.6 cm³/mol. The normalized spacial score (nSPS) is 10.4.